The van der Waals surface area contributed by atoms with Crippen LogP contribution in [0.15, 0.2) is 30.3 Å². The monoisotopic (exact) mass is 608 g/mol. The second-order valence-corrected chi connectivity index (χ2v) is 15.1. The van der Waals surface area contributed by atoms with Gasteiger partial charge in [-0.1, -0.05) is 39.0 Å². The lowest BCUT2D eigenvalue weighted by Crippen LogP contribution is -2.63. The van der Waals surface area contributed by atoms with E-state index < -0.39 is 0 Å². The molecule has 1 saturated heterocycles. The van der Waals surface area contributed by atoms with Gasteiger partial charge in [0.15, 0.2) is 6.29 Å². The van der Waals surface area contributed by atoms with Crippen LogP contribution < -0.4 is 0 Å². The van der Waals surface area contributed by atoms with Crippen molar-refractivity contribution in [2.24, 2.45) is 46.3 Å². The number of benzene rings is 1. The largest absolute Gasteiger partial charge is 0.469 e. The number of rotatable bonds is 8. The maximum absolute atomic E-state index is 13.7. The third-order valence-electron chi connectivity index (χ3n) is 13.1. The number of fused-ring (bicyclic) bond motifs is 5. The smallest absolute Gasteiger partial charge is 0.338 e. The zero-order valence-corrected chi connectivity index (χ0v) is 27.1. The van der Waals surface area contributed by atoms with Crippen molar-refractivity contribution < 1.29 is 33.3 Å². The molecule has 4 saturated carbocycles. The highest BCUT2D eigenvalue weighted by atomic mass is 16.7. The van der Waals surface area contributed by atoms with E-state index in [1.165, 1.54) is 7.11 Å². The molecule has 1 aromatic carbocycles. The van der Waals surface area contributed by atoms with Gasteiger partial charge in [0, 0.05) is 31.3 Å². The van der Waals surface area contributed by atoms with Crippen LogP contribution in [0.1, 0.15) is 108 Å². The SMILES string of the molecule is COC(=O)CCC(C)[C@H]1CC[C@H]2[C@@H]3[C@H](O[C@H]4CCCCO4)C[C@@H]4CC(=O)CC[C@]4(C)[C@H]3C[C@H](OC(=O)c3ccccc3)[C@]12C. The molecule has 5 aliphatic rings. The van der Waals surface area contributed by atoms with Crippen LogP contribution in [0, 0.1) is 46.3 Å². The van der Waals surface area contributed by atoms with Gasteiger partial charge in [0.25, 0.3) is 0 Å². The minimum Gasteiger partial charge on any atom is -0.469 e. The number of Topliss-reactive ketones (excluding diaryl/α,β-unsaturated/α-hetero) is 1. The summed E-state index contributed by atoms with van der Waals surface area (Å²) in [4.78, 5) is 38.6. The van der Waals surface area contributed by atoms with Gasteiger partial charge in [-0.15, -0.1) is 0 Å². The summed E-state index contributed by atoms with van der Waals surface area (Å²) in [5.74, 6) is 1.69. The number of hydrogen-bond donors (Lipinski definition) is 0. The molecule has 0 amide bonds. The molecule has 0 N–H and O–H groups in total. The van der Waals surface area contributed by atoms with Crippen molar-refractivity contribution in [2.75, 3.05) is 13.7 Å². The molecule has 242 valence electrons. The number of ketones is 1. The van der Waals surface area contributed by atoms with Gasteiger partial charge in [0.05, 0.1) is 18.8 Å². The van der Waals surface area contributed by atoms with Crippen LogP contribution in [0.4, 0.5) is 0 Å². The van der Waals surface area contributed by atoms with Crippen molar-refractivity contribution in [2.45, 2.75) is 116 Å². The van der Waals surface area contributed by atoms with Gasteiger partial charge in [-0.25, -0.2) is 4.79 Å². The molecule has 1 aromatic rings. The average Bonchev–Trinajstić information content (AvgIpc) is 3.39. The number of ether oxygens (including phenoxy) is 4. The Kier molecular flexibility index (Phi) is 9.27. The van der Waals surface area contributed by atoms with Crippen molar-refractivity contribution in [3.63, 3.8) is 0 Å². The quantitative estimate of drug-likeness (QED) is 0.229. The minimum atomic E-state index is -0.262. The highest BCUT2D eigenvalue weighted by Crippen LogP contribution is 2.69. The first-order valence-electron chi connectivity index (χ1n) is 17.3. The molecule has 0 aromatic heterocycles. The second-order valence-electron chi connectivity index (χ2n) is 15.1. The Balaban J connectivity index is 1.37. The van der Waals surface area contributed by atoms with Gasteiger partial charge in [0.1, 0.15) is 11.9 Å². The molecule has 1 heterocycles. The van der Waals surface area contributed by atoms with Crippen LogP contribution in [0.2, 0.25) is 0 Å². The van der Waals surface area contributed by atoms with Gasteiger partial charge in [-0.2, -0.15) is 0 Å². The molecule has 11 atom stereocenters. The lowest BCUT2D eigenvalue weighted by molar-refractivity contribution is -0.258. The van der Waals surface area contributed by atoms with E-state index >= 15 is 0 Å². The third-order valence-corrected chi connectivity index (χ3v) is 13.1. The van der Waals surface area contributed by atoms with E-state index in [9.17, 15) is 14.4 Å². The summed E-state index contributed by atoms with van der Waals surface area (Å²) < 4.78 is 24.7. The van der Waals surface area contributed by atoms with Crippen molar-refractivity contribution in [3.05, 3.63) is 35.9 Å². The van der Waals surface area contributed by atoms with E-state index in [1.807, 2.05) is 30.3 Å². The molecular formula is C37H52O7. The second kappa shape index (κ2) is 12.9. The van der Waals surface area contributed by atoms with E-state index in [0.717, 1.165) is 64.4 Å². The Bertz CT molecular complexity index is 1190. The topological polar surface area (TPSA) is 88.1 Å². The lowest BCUT2D eigenvalue weighted by atomic mass is 9.43. The Labute approximate surface area is 263 Å². The van der Waals surface area contributed by atoms with Gasteiger partial charge in [-0.05, 0) is 111 Å². The first kappa shape index (κ1) is 31.7. The van der Waals surface area contributed by atoms with Crippen LogP contribution in [-0.2, 0) is 28.5 Å². The summed E-state index contributed by atoms with van der Waals surface area (Å²) >= 11 is 0. The number of hydrogen-bond acceptors (Lipinski definition) is 7. The fourth-order valence-corrected chi connectivity index (χ4v) is 10.6. The molecule has 5 fully saturated rings. The van der Waals surface area contributed by atoms with Crippen molar-refractivity contribution in [1.29, 1.82) is 0 Å². The van der Waals surface area contributed by atoms with Gasteiger partial charge >= 0.3 is 11.9 Å². The van der Waals surface area contributed by atoms with E-state index in [4.69, 9.17) is 18.9 Å². The summed E-state index contributed by atoms with van der Waals surface area (Å²) in [5.41, 5.74) is 0.318. The molecule has 0 bridgehead atoms. The maximum atomic E-state index is 13.7. The predicted molar refractivity (Wildman–Crippen MR) is 166 cm³/mol. The van der Waals surface area contributed by atoms with Crippen LogP contribution in [-0.4, -0.2) is 49.9 Å². The van der Waals surface area contributed by atoms with Crippen LogP contribution >= 0.6 is 0 Å². The molecule has 6 rings (SSSR count). The van der Waals surface area contributed by atoms with Gasteiger partial charge in [0.2, 0.25) is 0 Å². The Morgan fingerprint density at radius 3 is 2.57 bits per heavy atom. The van der Waals surface area contributed by atoms with Crippen molar-refractivity contribution >= 4 is 17.7 Å². The highest BCUT2D eigenvalue weighted by molar-refractivity contribution is 5.89. The molecule has 1 aliphatic heterocycles. The number of carbonyl (C=O) groups excluding carboxylic acids is 3. The first-order valence-corrected chi connectivity index (χ1v) is 17.3. The fourth-order valence-electron chi connectivity index (χ4n) is 10.6. The zero-order chi connectivity index (χ0) is 31.1. The number of methoxy groups -OCH3 is 1. The zero-order valence-electron chi connectivity index (χ0n) is 27.1. The van der Waals surface area contributed by atoms with Crippen LogP contribution in [0.25, 0.3) is 0 Å². The summed E-state index contributed by atoms with van der Waals surface area (Å²) in [6.07, 6.45) is 9.76. The van der Waals surface area contributed by atoms with E-state index in [0.29, 0.717) is 54.3 Å². The normalized spacial score (nSPS) is 40.7. The molecular weight excluding hydrogens is 556 g/mol. The fraction of sp³-hybridized carbons (Fsp3) is 0.757. The minimum absolute atomic E-state index is 0.000814. The Morgan fingerprint density at radius 2 is 1.84 bits per heavy atom. The summed E-state index contributed by atoms with van der Waals surface area (Å²) in [6, 6.07) is 9.34. The van der Waals surface area contributed by atoms with Gasteiger partial charge in [-0.3, -0.25) is 9.59 Å². The van der Waals surface area contributed by atoms with Crippen molar-refractivity contribution in [3.8, 4) is 0 Å². The Hall–Kier alpha value is -2.25. The van der Waals surface area contributed by atoms with Crippen molar-refractivity contribution in [1.82, 2.24) is 0 Å². The van der Waals surface area contributed by atoms with Crippen LogP contribution in [0.5, 0.6) is 0 Å². The average molecular weight is 609 g/mol. The molecule has 0 radical (unpaired) electrons. The molecule has 0 spiro atoms. The highest BCUT2D eigenvalue weighted by Gasteiger charge is 2.67. The first-order chi connectivity index (χ1) is 21.1. The molecule has 1 unspecified atom stereocenters. The van der Waals surface area contributed by atoms with E-state index in [1.54, 1.807) is 0 Å². The third kappa shape index (κ3) is 5.77. The standard InChI is InChI=1S/C37H52O7/c1-23(13-16-32(39)41-4)27-14-15-28-34-29(22-31(37(27,28)3)44-35(40)24-10-6-5-7-11-24)36(2)18-17-26(38)20-25(36)21-30(34)43-33-12-8-9-19-42-33/h5-7,10-11,23,25,27-31,33-34H,8-9,12-22H2,1-4H3/t23?,25-,27+,28-,29-,30+,31-,33-,34-,36-,37+/m0/s1. The molecule has 7 heteroatoms. The van der Waals surface area contributed by atoms with E-state index in [2.05, 4.69) is 20.8 Å². The van der Waals surface area contributed by atoms with E-state index in [-0.39, 0.29) is 53.1 Å². The molecule has 4 aliphatic carbocycles. The Morgan fingerprint density at radius 1 is 1.05 bits per heavy atom. The predicted octanol–water partition coefficient (Wildman–Crippen LogP) is 7.16. The number of carbonyl (C=O) groups is 3. The van der Waals surface area contributed by atoms with Crippen LogP contribution in [0.3, 0.4) is 0 Å². The molecule has 44 heavy (non-hydrogen) atoms. The lowest BCUT2D eigenvalue weighted by Gasteiger charge is -2.64. The summed E-state index contributed by atoms with van der Waals surface area (Å²) in [6.45, 7) is 7.79. The maximum Gasteiger partial charge on any atom is 0.338 e. The number of esters is 2. The summed E-state index contributed by atoms with van der Waals surface area (Å²) in [5, 5.41) is 0. The van der Waals surface area contributed by atoms with Gasteiger partial charge < -0.3 is 18.9 Å². The molecule has 7 nitrogen and oxygen atoms in total. The summed E-state index contributed by atoms with van der Waals surface area (Å²) in [7, 11) is 1.45.